The molecule has 0 saturated carbocycles. The van der Waals surface area contributed by atoms with E-state index in [4.69, 9.17) is 16.3 Å². The van der Waals surface area contributed by atoms with Crippen molar-refractivity contribution in [1.82, 2.24) is 0 Å². The van der Waals surface area contributed by atoms with Crippen molar-refractivity contribution in [3.63, 3.8) is 0 Å². The first kappa shape index (κ1) is 13.5. The number of rotatable bonds is 3. The quantitative estimate of drug-likeness (QED) is 0.880. The monoisotopic (exact) mass is 242 g/mol. The van der Waals surface area contributed by atoms with Crippen LogP contribution in [-0.4, -0.2) is 18.3 Å². The summed E-state index contributed by atoms with van der Waals surface area (Å²) in [5.41, 5.74) is 0.708. The Balaban J connectivity index is 2.91. The van der Waals surface area contributed by atoms with Gasteiger partial charge in [0.2, 0.25) is 0 Å². The first-order chi connectivity index (χ1) is 7.36. The number of benzene rings is 1. The third-order valence-electron chi connectivity index (χ3n) is 2.61. The highest BCUT2D eigenvalue weighted by molar-refractivity contribution is 6.30. The summed E-state index contributed by atoms with van der Waals surface area (Å²) < 4.78 is 5.38. The van der Waals surface area contributed by atoms with Crippen molar-refractivity contribution in [2.75, 3.05) is 7.11 Å². The van der Waals surface area contributed by atoms with E-state index in [9.17, 15) is 5.11 Å². The third kappa shape index (κ3) is 3.21. The van der Waals surface area contributed by atoms with Gasteiger partial charge < -0.3 is 9.84 Å². The molecule has 0 spiro atoms. The Morgan fingerprint density at radius 3 is 2.06 bits per heavy atom. The van der Waals surface area contributed by atoms with Crippen molar-refractivity contribution in [3.05, 3.63) is 34.9 Å². The summed E-state index contributed by atoms with van der Waals surface area (Å²) in [5.74, 6) is 0. The van der Waals surface area contributed by atoms with Crippen LogP contribution in [0.1, 0.15) is 32.4 Å². The molecular formula is C13H19ClO2. The number of hydrogen-bond acceptors (Lipinski definition) is 2. The lowest BCUT2D eigenvalue weighted by Crippen LogP contribution is -2.34. The number of aliphatic hydroxyl groups excluding tert-OH is 1. The van der Waals surface area contributed by atoms with Crippen molar-refractivity contribution >= 4 is 11.6 Å². The van der Waals surface area contributed by atoms with Gasteiger partial charge in [-0.25, -0.2) is 0 Å². The first-order valence-electron chi connectivity index (χ1n) is 5.32. The van der Waals surface area contributed by atoms with Crippen LogP contribution in [0.5, 0.6) is 0 Å². The highest BCUT2D eigenvalue weighted by atomic mass is 35.5. The van der Waals surface area contributed by atoms with Crippen LogP contribution < -0.4 is 0 Å². The number of aliphatic hydroxyl groups is 1. The van der Waals surface area contributed by atoms with E-state index < -0.39 is 6.10 Å². The number of ether oxygens (including phenoxy) is 1. The maximum absolute atomic E-state index is 10.2. The Kier molecular flexibility index (Phi) is 4.36. The standard InChI is InChI=1S/C13H19ClO2/c1-13(2,3)12(16-4)11(15)9-5-7-10(14)8-6-9/h5-8,11-12,15H,1-4H3. The highest BCUT2D eigenvalue weighted by Gasteiger charge is 2.32. The van der Waals surface area contributed by atoms with Crippen molar-refractivity contribution in [2.24, 2.45) is 5.41 Å². The van der Waals surface area contributed by atoms with Crippen LogP contribution >= 0.6 is 11.6 Å². The number of methoxy groups -OCH3 is 1. The Morgan fingerprint density at radius 1 is 1.19 bits per heavy atom. The van der Waals surface area contributed by atoms with Gasteiger partial charge in [-0.2, -0.15) is 0 Å². The fourth-order valence-electron chi connectivity index (χ4n) is 1.79. The van der Waals surface area contributed by atoms with Gasteiger partial charge in [-0.15, -0.1) is 0 Å². The topological polar surface area (TPSA) is 29.5 Å². The fourth-order valence-corrected chi connectivity index (χ4v) is 1.92. The van der Waals surface area contributed by atoms with Gasteiger partial charge in [-0.05, 0) is 23.1 Å². The van der Waals surface area contributed by atoms with E-state index in [2.05, 4.69) is 0 Å². The molecule has 16 heavy (non-hydrogen) atoms. The predicted molar refractivity (Wildman–Crippen MR) is 66.7 cm³/mol. The minimum Gasteiger partial charge on any atom is -0.386 e. The molecule has 0 radical (unpaired) electrons. The van der Waals surface area contributed by atoms with Crippen molar-refractivity contribution < 1.29 is 9.84 Å². The molecule has 2 nitrogen and oxygen atoms in total. The molecule has 0 aromatic heterocycles. The molecule has 0 amide bonds. The molecule has 0 heterocycles. The van der Waals surface area contributed by atoms with Gasteiger partial charge in [-0.3, -0.25) is 0 Å². The molecule has 0 bridgehead atoms. The molecule has 0 aliphatic heterocycles. The van der Waals surface area contributed by atoms with E-state index >= 15 is 0 Å². The lowest BCUT2D eigenvalue weighted by molar-refractivity contribution is -0.0724. The second-order valence-electron chi connectivity index (χ2n) is 5.02. The van der Waals surface area contributed by atoms with Gasteiger partial charge in [0.1, 0.15) is 6.10 Å². The maximum atomic E-state index is 10.2. The minimum absolute atomic E-state index is 0.117. The van der Waals surface area contributed by atoms with E-state index in [0.29, 0.717) is 5.02 Å². The first-order valence-corrected chi connectivity index (χ1v) is 5.70. The lowest BCUT2D eigenvalue weighted by atomic mass is 9.83. The fraction of sp³-hybridized carbons (Fsp3) is 0.538. The highest BCUT2D eigenvalue weighted by Crippen LogP contribution is 2.32. The predicted octanol–water partition coefficient (Wildman–Crippen LogP) is 3.43. The van der Waals surface area contributed by atoms with Gasteiger partial charge in [0.15, 0.2) is 0 Å². The zero-order valence-electron chi connectivity index (χ0n) is 10.2. The Hall–Kier alpha value is -0.570. The van der Waals surface area contributed by atoms with Crippen LogP contribution in [-0.2, 0) is 4.74 Å². The molecular weight excluding hydrogens is 224 g/mol. The SMILES string of the molecule is COC(C(O)c1ccc(Cl)cc1)C(C)(C)C. The summed E-state index contributed by atoms with van der Waals surface area (Å²) in [6, 6.07) is 7.19. The molecule has 90 valence electrons. The van der Waals surface area contributed by atoms with Gasteiger partial charge >= 0.3 is 0 Å². The van der Waals surface area contributed by atoms with Gasteiger partial charge in [0, 0.05) is 12.1 Å². The summed E-state index contributed by atoms with van der Waals surface area (Å²) in [7, 11) is 1.62. The average Bonchev–Trinajstić information content (AvgIpc) is 2.17. The molecule has 0 saturated heterocycles. The van der Waals surface area contributed by atoms with Gasteiger partial charge in [0.25, 0.3) is 0 Å². The van der Waals surface area contributed by atoms with Gasteiger partial charge in [0.05, 0.1) is 6.10 Å². The summed E-state index contributed by atoms with van der Waals surface area (Å²) in [5, 5.41) is 10.9. The van der Waals surface area contributed by atoms with Crippen molar-refractivity contribution in [1.29, 1.82) is 0 Å². The Bertz CT molecular complexity index is 327. The van der Waals surface area contributed by atoms with Crippen molar-refractivity contribution in [3.8, 4) is 0 Å². The number of halogens is 1. The van der Waals surface area contributed by atoms with E-state index in [1.165, 1.54) is 0 Å². The summed E-state index contributed by atoms with van der Waals surface area (Å²) in [6.45, 7) is 6.13. The summed E-state index contributed by atoms with van der Waals surface area (Å²) in [6.07, 6.45) is -0.879. The molecule has 1 N–H and O–H groups in total. The van der Waals surface area contributed by atoms with E-state index in [1.54, 1.807) is 19.2 Å². The smallest absolute Gasteiger partial charge is 0.106 e. The van der Waals surface area contributed by atoms with Crippen LogP contribution in [0.3, 0.4) is 0 Å². The molecule has 2 unspecified atom stereocenters. The molecule has 1 aromatic carbocycles. The zero-order valence-corrected chi connectivity index (χ0v) is 11.0. The minimum atomic E-state index is -0.637. The third-order valence-corrected chi connectivity index (χ3v) is 2.86. The zero-order chi connectivity index (χ0) is 12.3. The summed E-state index contributed by atoms with van der Waals surface area (Å²) in [4.78, 5) is 0. The van der Waals surface area contributed by atoms with E-state index in [-0.39, 0.29) is 11.5 Å². The molecule has 1 rings (SSSR count). The molecule has 0 aliphatic carbocycles. The second-order valence-corrected chi connectivity index (χ2v) is 5.46. The van der Waals surface area contributed by atoms with Crippen LogP contribution in [0.2, 0.25) is 5.02 Å². The summed E-state index contributed by atoms with van der Waals surface area (Å²) >= 11 is 5.81. The Morgan fingerprint density at radius 2 is 1.69 bits per heavy atom. The number of hydrogen-bond donors (Lipinski definition) is 1. The maximum Gasteiger partial charge on any atom is 0.106 e. The van der Waals surface area contributed by atoms with Crippen LogP contribution in [0.15, 0.2) is 24.3 Å². The van der Waals surface area contributed by atoms with E-state index in [1.807, 2.05) is 32.9 Å². The molecule has 1 aromatic rings. The van der Waals surface area contributed by atoms with Crippen LogP contribution in [0, 0.1) is 5.41 Å². The van der Waals surface area contributed by atoms with Crippen LogP contribution in [0.25, 0.3) is 0 Å². The average molecular weight is 243 g/mol. The second kappa shape index (κ2) is 5.17. The molecule has 0 fully saturated rings. The normalized spacial score (nSPS) is 15.9. The van der Waals surface area contributed by atoms with E-state index in [0.717, 1.165) is 5.56 Å². The van der Waals surface area contributed by atoms with Crippen molar-refractivity contribution in [2.45, 2.75) is 33.0 Å². The molecule has 2 atom stereocenters. The largest absolute Gasteiger partial charge is 0.386 e. The van der Waals surface area contributed by atoms with Crippen LogP contribution in [0.4, 0.5) is 0 Å². The Labute approximate surface area is 102 Å². The van der Waals surface area contributed by atoms with Gasteiger partial charge in [-0.1, -0.05) is 44.5 Å². The molecule has 3 heteroatoms. The lowest BCUT2D eigenvalue weighted by Gasteiger charge is -2.33. The molecule has 0 aliphatic rings.